The van der Waals surface area contributed by atoms with Crippen molar-refractivity contribution in [3.63, 3.8) is 0 Å². The van der Waals surface area contributed by atoms with Crippen molar-refractivity contribution in [2.45, 2.75) is 0 Å². The molecular weight excluding hydrogens is 351 g/mol. The lowest BCUT2D eigenvalue weighted by Gasteiger charge is -2.08. The van der Waals surface area contributed by atoms with Crippen LogP contribution in [-0.2, 0) is 0 Å². The van der Waals surface area contributed by atoms with Crippen molar-refractivity contribution in [3.05, 3.63) is 69.9 Å². The van der Waals surface area contributed by atoms with Gasteiger partial charge in [0.05, 0.1) is 5.56 Å². The van der Waals surface area contributed by atoms with Gasteiger partial charge < -0.3 is 10.6 Å². The molecule has 0 saturated heterocycles. The van der Waals surface area contributed by atoms with Gasteiger partial charge in [-0.25, -0.2) is 4.39 Å². The minimum Gasteiger partial charge on any atom is -0.350 e. The average molecular weight is 365 g/mol. The van der Waals surface area contributed by atoms with Gasteiger partial charge >= 0.3 is 0 Å². The number of amides is 2. The van der Waals surface area contributed by atoms with Gasteiger partial charge in [-0.15, -0.1) is 0 Å². The van der Waals surface area contributed by atoms with Gasteiger partial charge in [0, 0.05) is 23.1 Å². The van der Waals surface area contributed by atoms with Crippen molar-refractivity contribution in [1.29, 1.82) is 0 Å². The molecule has 2 rings (SSSR count). The third-order valence-corrected chi connectivity index (χ3v) is 3.40. The number of hydrogen-bond donors (Lipinski definition) is 2. The number of hydrogen-bond acceptors (Lipinski definition) is 2. The Kier molecular flexibility index (Phi) is 5.66. The van der Waals surface area contributed by atoms with Gasteiger partial charge in [0.15, 0.2) is 0 Å². The lowest BCUT2D eigenvalue weighted by Crippen LogP contribution is -2.35. The smallest absolute Gasteiger partial charge is 0.254 e. The molecule has 0 heterocycles. The summed E-state index contributed by atoms with van der Waals surface area (Å²) in [6.07, 6.45) is 0. The van der Waals surface area contributed by atoms with Crippen LogP contribution in [0.25, 0.3) is 0 Å². The van der Waals surface area contributed by atoms with E-state index in [9.17, 15) is 14.0 Å². The van der Waals surface area contributed by atoms with Crippen LogP contribution in [0.15, 0.2) is 53.0 Å². The second kappa shape index (κ2) is 7.70. The average Bonchev–Trinajstić information content (AvgIpc) is 2.52. The molecule has 22 heavy (non-hydrogen) atoms. The van der Waals surface area contributed by atoms with Gasteiger partial charge in [-0.1, -0.05) is 34.1 Å². The summed E-state index contributed by atoms with van der Waals surface area (Å²) in [7, 11) is 0. The fourth-order valence-corrected chi connectivity index (χ4v) is 2.15. The van der Waals surface area contributed by atoms with E-state index >= 15 is 0 Å². The van der Waals surface area contributed by atoms with Crippen LogP contribution < -0.4 is 10.6 Å². The number of carbonyl (C=O) groups excluding carboxylic acids is 2. The van der Waals surface area contributed by atoms with Crippen LogP contribution in [0.1, 0.15) is 20.7 Å². The predicted octanol–water partition coefficient (Wildman–Crippen LogP) is 2.75. The van der Waals surface area contributed by atoms with Crippen LogP contribution >= 0.6 is 15.9 Å². The summed E-state index contributed by atoms with van der Waals surface area (Å²) < 4.78 is 14.2. The minimum atomic E-state index is -0.597. The van der Waals surface area contributed by atoms with Crippen LogP contribution in [0.2, 0.25) is 0 Å². The van der Waals surface area contributed by atoms with Crippen molar-refractivity contribution in [3.8, 4) is 0 Å². The first kappa shape index (κ1) is 16.2. The van der Waals surface area contributed by atoms with Crippen molar-refractivity contribution in [1.82, 2.24) is 10.6 Å². The van der Waals surface area contributed by atoms with Crippen molar-refractivity contribution >= 4 is 27.7 Å². The van der Waals surface area contributed by atoms with E-state index in [1.165, 1.54) is 12.1 Å². The molecule has 0 saturated carbocycles. The highest BCUT2D eigenvalue weighted by molar-refractivity contribution is 9.10. The quantitative estimate of drug-likeness (QED) is 0.801. The first-order valence-electron chi connectivity index (χ1n) is 6.64. The highest BCUT2D eigenvalue weighted by Gasteiger charge is 2.11. The molecule has 0 radical (unpaired) electrons. The molecule has 0 aliphatic carbocycles. The molecule has 0 atom stereocenters. The molecule has 0 fully saturated rings. The third kappa shape index (κ3) is 4.39. The van der Waals surface area contributed by atoms with E-state index in [-0.39, 0.29) is 24.6 Å². The summed E-state index contributed by atoms with van der Waals surface area (Å²) in [6.45, 7) is 0.477. The van der Waals surface area contributed by atoms with E-state index in [0.717, 1.165) is 0 Å². The molecule has 2 aromatic rings. The molecule has 0 aromatic heterocycles. The summed E-state index contributed by atoms with van der Waals surface area (Å²) in [5, 5.41) is 5.23. The van der Waals surface area contributed by atoms with E-state index in [1.807, 2.05) is 6.07 Å². The number of rotatable bonds is 5. The maximum Gasteiger partial charge on any atom is 0.254 e. The summed E-state index contributed by atoms with van der Waals surface area (Å²) in [6, 6.07) is 13.0. The van der Waals surface area contributed by atoms with Gasteiger partial charge in [0.1, 0.15) is 5.82 Å². The van der Waals surface area contributed by atoms with Gasteiger partial charge in [-0.2, -0.15) is 0 Å². The van der Waals surface area contributed by atoms with Gasteiger partial charge in [0.2, 0.25) is 0 Å². The molecule has 2 N–H and O–H groups in total. The fraction of sp³-hybridized carbons (Fsp3) is 0.125. The van der Waals surface area contributed by atoms with Gasteiger partial charge in [-0.3, -0.25) is 9.59 Å². The first-order valence-corrected chi connectivity index (χ1v) is 7.44. The number of benzene rings is 2. The number of halogens is 2. The molecule has 6 heteroatoms. The molecule has 0 aliphatic heterocycles. The maximum atomic E-state index is 13.6. The largest absolute Gasteiger partial charge is 0.350 e. The van der Waals surface area contributed by atoms with E-state index in [0.29, 0.717) is 10.0 Å². The van der Waals surface area contributed by atoms with Crippen LogP contribution in [0.3, 0.4) is 0 Å². The maximum absolute atomic E-state index is 13.6. The van der Waals surface area contributed by atoms with E-state index in [4.69, 9.17) is 0 Å². The Labute approximate surface area is 135 Å². The van der Waals surface area contributed by atoms with Crippen molar-refractivity contribution in [2.24, 2.45) is 0 Å². The zero-order valence-electron chi connectivity index (χ0n) is 11.6. The van der Waals surface area contributed by atoms with E-state index in [2.05, 4.69) is 26.6 Å². The van der Waals surface area contributed by atoms with Crippen LogP contribution in [0.5, 0.6) is 0 Å². The van der Waals surface area contributed by atoms with Crippen molar-refractivity contribution < 1.29 is 14.0 Å². The fourth-order valence-electron chi connectivity index (χ4n) is 1.81. The molecular formula is C16H14BrFN2O2. The lowest BCUT2D eigenvalue weighted by atomic mass is 10.2. The normalized spacial score (nSPS) is 10.1. The first-order chi connectivity index (χ1) is 10.6. The molecule has 0 aliphatic rings. The molecule has 4 nitrogen and oxygen atoms in total. The summed E-state index contributed by atoms with van der Waals surface area (Å²) in [5.74, 6) is -1.33. The Hall–Kier alpha value is -2.21. The minimum absolute atomic E-state index is 0.0300. The Balaban J connectivity index is 1.79. The van der Waals surface area contributed by atoms with Gasteiger partial charge in [-0.05, 0) is 30.3 Å². The topological polar surface area (TPSA) is 58.2 Å². The highest BCUT2D eigenvalue weighted by Crippen LogP contribution is 2.14. The molecule has 2 aromatic carbocycles. The Morgan fingerprint density at radius 3 is 2.23 bits per heavy atom. The monoisotopic (exact) mass is 364 g/mol. The zero-order valence-corrected chi connectivity index (χ0v) is 13.2. The Morgan fingerprint density at radius 1 is 0.955 bits per heavy atom. The Morgan fingerprint density at radius 2 is 1.59 bits per heavy atom. The second-order valence-corrected chi connectivity index (χ2v) is 5.42. The van der Waals surface area contributed by atoms with E-state index < -0.39 is 11.7 Å². The van der Waals surface area contributed by atoms with Crippen LogP contribution in [-0.4, -0.2) is 24.9 Å². The Bertz CT molecular complexity index is 677. The molecule has 0 unspecified atom stereocenters. The number of carbonyl (C=O) groups is 2. The lowest BCUT2D eigenvalue weighted by molar-refractivity contribution is 0.0925. The molecule has 114 valence electrons. The standard InChI is InChI=1S/C16H14BrFN2O2/c17-12-6-7-13(14(18)10-12)16(22)20-9-8-19-15(21)11-4-2-1-3-5-11/h1-7,10H,8-9H2,(H,19,21)(H,20,22). The van der Waals surface area contributed by atoms with Gasteiger partial charge in [0.25, 0.3) is 11.8 Å². The SMILES string of the molecule is O=C(NCCNC(=O)c1ccc(Br)cc1F)c1ccccc1. The highest BCUT2D eigenvalue weighted by atomic mass is 79.9. The van der Waals surface area contributed by atoms with E-state index in [1.54, 1.807) is 30.3 Å². The van der Waals surface area contributed by atoms with Crippen molar-refractivity contribution in [2.75, 3.05) is 13.1 Å². The molecule has 2 amide bonds. The predicted molar refractivity (Wildman–Crippen MR) is 85.2 cm³/mol. The zero-order chi connectivity index (χ0) is 15.9. The van der Waals surface area contributed by atoms with Crippen LogP contribution in [0.4, 0.5) is 4.39 Å². The van der Waals surface area contributed by atoms with Crippen LogP contribution in [0, 0.1) is 5.82 Å². The second-order valence-electron chi connectivity index (χ2n) is 4.50. The molecule has 0 bridgehead atoms. The molecule has 0 spiro atoms. The summed E-state index contributed by atoms with van der Waals surface area (Å²) >= 11 is 3.13. The summed E-state index contributed by atoms with van der Waals surface area (Å²) in [5.41, 5.74) is 0.519. The third-order valence-electron chi connectivity index (χ3n) is 2.91. The summed E-state index contributed by atoms with van der Waals surface area (Å²) in [4.78, 5) is 23.6. The number of nitrogens with one attached hydrogen (secondary N) is 2.